The van der Waals surface area contributed by atoms with Crippen molar-refractivity contribution in [2.45, 2.75) is 142 Å². The Bertz CT molecular complexity index is 4880. The normalized spacial score (nSPS) is 14.9. The van der Waals surface area contributed by atoms with Gasteiger partial charge in [-0.3, -0.25) is 0 Å². The lowest BCUT2D eigenvalue weighted by Gasteiger charge is -2.29. The number of hydrogen-bond acceptors (Lipinski definition) is 2. The number of nitrogens with zero attached hydrogens (tertiary/aromatic N) is 2. The molecule has 17 rings (SSSR count). The van der Waals surface area contributed by atoms with Gasteiger partial charge in [-0.15, -0.1) is 0 Å². The van der Waals surface area contributed by atoms with Gasteiger partial charge in [-0.05, 0) is 288 Å². The first kappa shape index (κ1) is 66.4. The molecule has 0 saturated heterocycles. The van der Waals surface area contributed by atoms with E-state index in [2.05, 4.69) is 315 Å². The zero-order valence-corrected chi connectivity index (χ0v) is 60.7. The quantitative estimate of drug-likeness (QED) is 0.0540. The minimum Gasteiger partial charge on any atom is -0.310 e. The van der Waals surface area contributed by atoms with Gasteiger partial charge in [0.25, 0.3) is 0 Å². The fraction of sp³-hybridized carbons (Fsp3) is 0.216. The molecule has 2 nitrogen and oxygen atoms in total. The second kappa shape index (κ2) is 30.3. The summed E-state index contributed by atoms with van der Waals surface area (Å²) in [5.74, 6) is 0. The van der Waals surface area contributed by atoms with E-state index < -0.39 is 0 Å². The van der Waals surface area contributed by atoms with Crippen molar-refractivity contribution in [3.05, 3.63) is 344 Å². The molecule has 104 heavy (non-hydrogen) atoms. The summed E-state index contributed by atoms with van der Waals surface area (Å²) in [6, 6.07) is 97.4. The molecule has 0 unspecified atom stereocenters. The van der Waals surface area contributed by atoms with E-state index in [-0.39, 0.29) is 0 Å². The highest BCUT2D eigenvalue weighted by molar-refractivity contribution is 6.35. The molecule has 4 fully saturated rings. The van der Waals surface area contributed by atoms with Gasteiger partial charge in [-0.25, -0.2) is 0 Å². The Balaban J connectivity index is 0.727. The average molecular weight is 1350 g/mol. The predicted octanol–water partition coefficient (Wildman–Crippen LogP) is 29.9. The molecule has 0 atom stereocenters. The fourth-order valence-corrected chi connectivity index (χ4v) is 17.3. The zero-order valence-electron chi connectivity index (χ0n) is 60.7. The summed E-state index contributed by atoms with van der Waals surface area (Å²) in [6.45, 7) is 4.36. The standard InChI is InChI=1S/C102H94N2/c1-71-29-53-87(54-30-71)103(89-57-41-81(42-58-89)69-97(83-45-33-77(34-46-83)65-73-17-7-3-8-18-73)84-47-35-78(36-48-84)66-74-19-9-4-10-20-74)99-63-61-93-92-26-16-28-96-100(64-62-94(102(92)96)91-25-15-27-95(99)101(91)93)104(88-55-31-72(2)32-56-88)90-59-43-82(44-60-90)70-98(85-49-37-79(38-50-85)67-75-21-11-5-12-22-75)86-51-39-80(40-52-86)68-76-23-13-6-14-24-76/h15-16,25-70H,3-14,17-24H2,1-2H3. The lowest BCUT2D eigenvalue weighted by atomic mass is 9.88. The van der Waals surface area contributed by atoms with E-state index in [1.807, 2.05) is 0 Å². The third-order valence-electron chi connectivity index (χ3n) is 23.0. The Morgan fingerprint density at radius 2 is 0.471 bits per heavy atom. The van der Waals surface area contributed by atoms with Crippen molar-refractivity contribution in [1.82, 2.24) is 0 Å². The van der Waals surface area contributed by atoms with Gasteiger partial charge in [-0.2, -0.15) is 0 Å². The van der Waals surface area contributed by atoms with Crippen molar-refractivity contribution in [2.24, 2.45) is 0 Å². The first-order chi connectivity index (χ1) is 51.3. The van der Waals surface area contributed by atoms with E-state index in [0.29, 0.717) is 0 Å². The summed E-state index contributed by atoms with van der Waals surface area (Å²) in [5, 5.41) is 10.0. The molecule has 0 spiro atoms. The van der Waals surface area contributed by atoms with Crippen LogP contribution in [0.3, 0.4) is 0 Å². The summed E-state index contributed by atoms with van der Waals surface area (Å²) >= 11 is 0. The predicted molar refractivity (Wildman–Crippen MR) is 450 cm³/mol. The highest BCUT2D eigenvalue weighted by atomic mass is 15.1. The van der Waals surface area contributed by atoms with Crippen LogP contribution < -0.4 is 9.80 Å². The molecule has 4 saturated carbocycles. The number of aryl methyl sites for hydroxylation is 2. The topological polar surface area (TPSA) is 6.48 Å². The van der Waals surface area contributed by atoms with Crippen LogP contribution in [0.4, 0.5) is 34.1 Å². The average Bonchev–Trinajstić information content (AvgIpc) is 0.708. The summed E-state index contributed by atoms with van der Waals surface area (Å²) in [6.07, 6.45) is 40.2. The van der Waals surface area contributed by atoms with Crippen LogP contribution in [-0.4, -0.2) is 0 Å². The number of hydrogen-bond donors (Lipinski definition) is 0. The molecule has 512 valence electrons. The molecule has 0 amide bonds. The van der Waals surface area contributed by atoms with Crippen LogP contribution in [0.5, 0.6) is 0 Å². The molecule has 0 N–H and O–H groups in total. The Morgan fingerprint density at radius 1 is 0.231 bits per heavy atom. The van der Waals surface area contributed by atoms with Crippen molar-refractivity contribution in [2.75, 3.05) is 9.80 Å². The van der Waals surface area contributed by atoms with E-state index in [1.165, 1.54) is 238 Å². The molecule has 2 heteroatoms. The monoisotopic (exact) mass is 1350 g/mol. The molecule has 0 bridgehead atoms. The molecule has 4 aliphatic rings. The van der Waals surface area contributed by atoms with E-state index >= 15 is 0 Å². The van der Waals surface area contributed by atoms with Gasteiger partial charge < -0.3 is 9.80 Å². The van der Waals surface area contributed by atoms with Crippen LogP contribution in [-0.2, 0) is 0 Å². The second-order valence-electron chi connectivity index (χ2n) is 30.3. The van der Waals surface area contributed by atoms with Gasteiger partial charge in [0.1, 0.15) is 0 Å². The lowest BCUT2D eigenvalue weighted by Crippen LogP contribution is -2.11. The third kappa shape index (κ3) is 14.4. The molecular formula is C102H94N2. The number of fused-ring (bicyclic) bond motifs is 2. The van der Waals surface area contributed by atoms with Crippen molar-refractivity contribution >= 4 is 125 Å². The number of benzene rings is 13. The Kier molecular flexibility index (Phi) is 19.3. The molecule has 4 aliphatic carbocycles. The maximum absolute atomic E-state index is 2.47. The van der Waals surface area contributed by atoms with Gasteiger partial charge in [0.15, 0.2) is 0 Å². The Hall–Kier alpha value is -10.8. The van der Waals surface area contributed by atoms with Gasteiger partial charge in [0.05, 0.1) is 11.4 Å². The minimum absolute atomic E-state index is 1.11. The molecule has 0 radical (unpaired) electrons. The molecule has 0 aliphatic heterocycles. The van der Waals surface area contributed by atoms with Gasteiger partial charge in [0.2, 0.25) is 0 Å². The van der Waals surface area contributed by atoms with Crippen molar-refractivity contribution in [1.29, 1.82) is 0 Å². The maximum atomic E-state index is 2.47. The van der Waals surface area contributed by atoms with Gasteiger partial charge in [-0.1, -0.05) is 278 Å². The smallest absolute Gasteiger partial charge is 0.0540 e. The number of allylic oxidation sites excluding steroid dienone is 4. The zero-order chi connectivity index (χ0) is 69.7. The third-order valence-corrected chi connectivity index (χ3v) is 23.0. The van der Waals surface area contributed by atoms with Crippen LogP contribution in [0.1, 0.15) is 195 Å². The number of rotatable bonds is 16. The molecule has 0 aromatic heterocycles. The van der Waals surface area contributed by atoms with Crippen molar-refractivity contribution < 1.29 is 0 Å². The van der Waals surface area contributed by atoms with E-state index in [1.54, 1.807) is 22.3 Å². The SMILES string of the molecule is Cc1ccc(N(c2ccc(C=C(c3ccc(C=C4CCCCC4)cc3)c3ccc(C=C4CCCCC4)cc3)cc2)c2ccc3c4cccc5c(N(c6ccc(C)cc6)c6ccc(C=C(c7ccc(C=C8CCCCC8)cc7)c7ccc(C=C8CCCCC8)cc7)cc6)ccc(c6cccc2c63)c54)cc1. The first-order valence-electron chi connectivity index (χ1n) is 39.0. The van der Waals surface area contributed by atoms with Crippen LogP contribution in [0.25, 0.3) is 90.7 Å². The lowest BCUT2D eigenvalue weighted by molar-refractivity contribution is 0.602. The summed E-state index contributed by atoms with van der Waals surface area (Å²) in [5.41, 5.74) is 30.4. The van der Waals surface area contributed by atoms with E-state index in [9.17, 15) is 0 Å². The first-order valence-corrected chi connectivity index (χ1v) is 39.0. The summed E-state index contributed by atoms with van der Waals surface area (Å²) in [7, 11) is 0. The van der Waals surface area contributed by atoms with E-state index in [4.69, 9.17) is 0 Å². The highest BCUT2D eigenvalue weighted by Crippen LogP contribution is 2.50. The second-order valence-corrected chi connectivity index (χ2v) is 30.3. The van der Waals surface area contributed by atoms with Crippen LogP contribution >= 0.6 is 0 Å². The molecule has 13 aromatic carbocycles. The molecule has 0 heterocycles. The van der Waals surface area contributed by atoms with Crippen molar-refractivity contribution in [3.63, 3.8) is 0 Å². The van der Waals surface area contributed by atoms with Crippen LogP contribution in [0, 0.1) is 13.8 Å². The van der Waals surface area contributed by atoms with E-state index in [0.717, 1.165) is 45.3 Å². The largest absolute Gasteiger partial charge is 0.310 e. The summed E-state index contributed by atoms with van der Waals surface area (Å²) < 4.78 is 0. The van der Waals surface area contributed by atoms with Gasteiger partial charge >= 0.3 is 0 Å². The Morgan fingerprint density at radius 3 is 0.750 bits per heavy atom. The molecular weight excluding hydrogens is 1250 g/mol. The van der Waals surface area contributed by atoms with Gasteiger partial charge in [0, 0.05) is 33.5 Å². The number of anilines is 6. The fourth-order valence-electron chi connectivity index (χ4n) is 17.3. The van der Waals surface area contributed by atoms with Crippen molar-refractivity contribution in [3.8, 4) is 0 Å². The highest BCUT2D eigenvalue weighted by Gasteiger charge is 2.24. The molecule has 13 aromatic rings. The summed E-state index contributed by atoms with van der Waals surface area (Å²) in [4.78, 5) is 4.94. The maximum Gasteiger partial charge on any atom is 0.0540 e. The van der Waals surface area contributed by atoms with Crippen LogP contribution in [0.2, 0.25) is 0 Å². The van der Waals surface area contributed by atoms with Crippen LogP contribution in [0.15, 0.2) is 277 Å². The Labute approximate surface area is 616 Å². The minimum atomic E-state index is 1.11.